The van der Waals surface area contributed by atoms with E-state index in [1.807, 2.05) is 36.4 Å². The van der Waals surface area contributed by atoms with E-state index < -0.39 is 10.0 Å². The lowest BCUT2D eigenvalue weighted by molar-refractivity contribution is -0.145. The fourth-order valence-corrected chi connectivity index (χ4v) is 5.09. The molecule has 0 atom stereocenters. The van der Waals surface area contributed by atoms with E-state index in [1.165, 1.54) is 9.71 Å². The number of hydrogen-bond acceptors (Lipinski definition) is 6. The molecule has 8 nitrogen and oxygen atoms in total. The van der Waals surface area contributed by atoms with Gasteiger partial charge in [0.25, 0.3) is 0 Å². The standard InChI is InChI=1S/C25H31N3O5S/c1-2-33-24(29)12-15-27(20-22-9-6-14-26-19-22)25(30)23-10-16-28(17-11-23)34(31,32)18-13-21-7-4-3-5-8-21/h3-9,13-14,18-19,23H,2,10-12,15-17,20H2,1H3/b18-13+. The molecule has 0 bridgehead atoms. The molecule has 3 rings (SSSR count). The minimum Gasteiger partial charge on any atom is -0.466 e. The Bertz CT molecular complexity index is 1070. The molecule has 1 saturated heterocycles. The van der Waals surface area contributed by atoms with Crippen LogP contribution in [0.25, 0.3) is 6.08 Å². The lowest BCUT2D eigenvalue weighted by Crippen LogP contribution is -2.44. The summed E-state index contributed by atoms with van der Waals surface area (Å²) < 4.78 is 31.9. The van der Waals surface area contributed by atoms with Gasteiger partial charge >= 0.3 is 5.97 Å². The quantitative estimate of drug-likeness (QED) is 0.480. The van der Waals surface area contributed by atoms with Crippen molar-refractivity contribution in [3.05, 3.63) is 71.4 Å². The maximum absolute atomic E-state index is 13.3. The molecule has 1 aromatic heterocycles. The zero-order valence-electron chi connectivity index (χ0n) is 19.4. The zero-order chi connectivity index (χ0) is 24.4. The number of rotatable bonds is 10. The average Bonchev–Trinajstić information content (AvgIpc) is 2.86. The number of pyridine rings is 1. The Kier molecular flexibility index (Phi) is 9.35. The van der Waals surface area contributed by atoms with E-state index in [0.717, 1.165) is 11.1 Å². The van der Waals surface area contributed by atoms with Gasteiger partial charge in [0, 0.05) is 49.9 Å². The topological polar surface area (TPSA) is 96.9 Å². The smallest absolute Gasteiger partial charge is 0.307 e. The molecule has 0 radical (unpaired) electrons. The maximum atomic E-state index is 13.3. The van der Waals surface area contributed by atoms with E-state index in [-0.39, 0.29) is 43.8 Å². The number of piperidine rings is 1. The van der Waals surface area contributed by atoms with E-state index in [0.29, 0.717) is 26.0 Å². The van der Waals surface area contributed by atoms with Gasteiger partial charge in [0.2, 0.25) is 15.9 Å². The lowest BCUT2D eigenvalue weighted by atomic mass is 9.96. The molecule has 0 saturated carbocycles. The van der Waals surface area contributed by atoms with Crippen LogP contribution in [0.1, 0.15) is 37.3 Å². The van der Waals surface area contributed by atoms with Crippen LogP contribution in [0, 0.1) is 5.92 Å². The number of nitrogens with zero attached hydrogens (tertiary/aromatic N) is 3. The zero-order valence-corrected chi connectivity index (χ0v) is 20.2. The Labute approximate surface area is 201 Å². The van der Waals surface area contributed by atoms with Crippen LogP contribution in [0.3, 0.4) is 0 Å². The third kappa shape index (κ3) is 7.50. The number of benzene rings is 1. The number of amides is 1. The SMILES string of the molecule is CCOC(=O)CCN(Cc1cccnc1)C(=O)C1CCN(S(=O)(=O)/C=C/c2ccccc2)CC1. The largest absolute Gasteiger partial charge is 0.466 e. The normalized spacial score (nSPS) is 15.3. The molecule has 1 aliphatic heterocycles. The molecule has 34 heavy (non-hydrogen) atoms. The number of carbonyl (C=O) groups is 2. The second-order valence-corrected chi connectivity index (χ2v) is 9.93. The highest BCUT2D eigenvalue weighted by Gasteiger charge is 2.32. The van der Waals surface area contributed by atoms with Crippen molar-refractivity contribution in [1.29, 1.82) is 0 Å². The number of ether oxygens (including phenoxy) is 1. The summed E-state index contributed by atoms with van der Waals surface area (Å²) in [4.78, 5) is 30.9. The van der Waals surface area contributed by atoms with E-state index in [4.69, 9.17) is 4.74 Å². The summed E-state index contributed by atoms with van der Waals surface area (Å²) in [5.74, 6) is -0.731. The second-order valence-electron chi connectivity index (χ2n) is 8.11. The number of aromatic nitrogens is 1. The van der Waals surface area contributed by atoms with Crippen molar-refractivity contribution in [1.82, 2.24) is 14.2 Å². The van der Waals surface area contributed by atoms with Crippen LogP contribution in [0.15, 0.2) is 60.3 Å². The third-order valence-electron chi connectivity index (χ3n) is 5.69. The first-order chi connectivity index (χ1) is 16.4. The highest BCUT2D eigenvalue weighted by Crippen LogP contribution is 2.24. The van der Waals surface area contributed by atoms with Gasteiger partial charge in [-0.05, 0) is 43.0 Å². The van der Waals surface area contributed by atoms with Gasteiger partial charge in [-0.25, -0.2) is 8.42 Å². The Morgan fingerprint density at radius 1 is 1.15 bits per heavy atom. The first-order valence-electron chi connectivity index (χ1n) is 11.5. The van der Waals surface area contributed by atoms with Crippen LogP contribution < -0.4 is 0 Å². The Hall–Kier alpha value is -3.04. The molecule has 2 aromatic rings. The number of carbonyl (C=O) groups excluding carboxylic acids is 2. The van der Waals surface area contributed by atoms with Crippen molar-refractivity contribution in [2.75, 3.05) is 26.2 Å². The summed E-state index contributed by atoms with van der Waals surface area (Å²) in [7, 11) is -3.57. The van der Waals surface area contributed by atoms with E-state index >= 15 is 0 Å². The summed E-state index contributed by atoms with van der Waals surface area (Å²) in [5.41, 5.74) is 1.68. The summed E-state index contributed by atoms with van der Waals surface area (Å²) in [6.45, 7) is 3.16. The molecule has 1 fully saturated rings. The minimum atomic E-state index is -3.57. The van der Waals surface area contributed by atoms with Gasteiger partial charge in [0.15, 0.2) is 0 Å². The molecule has 1 aliphatic rings. The Morgan fingerprint density at radius 2 is 1.88 bits per heavy atom. The monoisotopic (exact) mass is 485 g/mol. The van der Waals surface area contributed by atoms with Gasteiger partial charge in [0.1, 0.15) is 0 Å². The highest BCUT2D eigenvalue weighted by molar-refractivity contribution is 7.92. The number of hydrogen-bond donors (Lipinski definition) is 0. The molecular formula is C25H31N3O5S. The van der Waals surface area contributed by atoms with Gasteiger partial charge in [-0.2, -0.15) is 4.31 Å². The van der Waals surface area contributed by atoms with Crippen molar-refractivity contribution in [3.63, 3.8) is 0 Å². The van der Waals surface area contributed by atoms with Gasteiger partial charge < -0.3 is 9.64 Å². The molecule has 1 aromatic carbocycles. The van der Waals surface area contributed by atoms with Gasteiger partial charge in [-0.1, -0.05) is 36.4 Å². The van der Waals surface area contributed by atoms with Crippen molar-refractivity contribution in [2.24, 2.45) is 5.92 Å². The molecule has 182 valence electrons. The summed E-state index contributed by atoms with van der Waals surface area (Å²) in [6.07, 6.45) is 5.91. The molecule has 0 N–H and O–H groups in total. The lowest BCUT2D eigenvalue weighted by Gasteiger charge is -2.33. The average molecular weight is 486 g/mol. The van der Waals surface area contributed by atoms with Crippen molar-refractivity contribution < 1.29 is 22.7 Å². The predicted octanol–water partition coefficient (Wildman–Crippen LogP) is 3.08. The highest BCUT2D eigenvalue weighted by atomic mass is 32.2. The number of esters is 1. The maximum Gasteiger partial charge on any atom is 0.307 e. The van der Waals surface area contributed by atoms with Crippen LogP contribution in [0.2, 0.25) is 0 Å². The Balaban J connectivity index is 1.61. The minimum absolute atomic E-state index is 0.0787. The van der Waals surface area contributed by atoms with Gasteiger partial charge in [-0.15, -0.1) is 0 Å². The van der Waals surface area contributed by atoms with Crippen LogP contribution in [0.5, 0.6) is 0 Å². The second kappa shape index (κ2) is 12.4. The van der Waals surface area contributed by atoms with Gasteiger partial charge in [-0.3, -0.25) is 14.6 Å². The fraction of sp³-hybridized carbons (Fsp3) is 0.400. The van der Waals surface area contributed by atoms with Crippen molar-refractivity contribution in [3.8, 4) is 0 Å². The summed E-state index contributed by atoms with van der Waals surface area (Å²) >= 11 is 0. The molecule has 1 amide bonds. The molecule has 0 spiro atoms. The van der Waals surface area contributed by atoms with E-state index in [9.17, 15) is 18.0 Å². The third-order valence-corrected chi connectivity index (χ3v) is 7.26. The van der Waals surface area contributed by atoms with E-state index in [2.05, 4.69) is 4.98 Å². The first kappa shape index (κ1) is 25.6. The van der Waals surface area contributed by atoms with Crippen LogP contribution in [-0.2, 0) is 30.9 Å². The fourth-order valence-electron chi connectivity index (χ4n) is 3.87. The van der Waals surface area contributed by atoms with E-state index in [1.54, 1.807) is 36.4 Å². The molecule has 0 unspecified atom stereocenters. The summed E-state index contributed by atoms with van der Waals surface area (Å²) in [5, 5.41) is 1.22. The molecule has 9 heteroatoms. The van der Waals surface area contributed by atoms with Crippen molar-refractivity contribution in [2.45, 2.75) is 32.7 Å². The molecular weight excluding hydrogens is 454 g/mol. The van der Waals surface area contributed by atoms with Crippen molar-refractivity contribution >= 4 is 28.0 Å². The van der Waals surface area contributed by atoms with Crippen LogP contribution >= 0.6 is 0 Å². The molecule has 2 heterocycles. The number of sulfonamides is 1. The van der Waals surface area contributed by atoms with Crippen LogP contribution in [-0.4, -0.2) is 60.7 Å². The van der Waals surface area contributed by atoms with Gasteiger partial charge in [0.05, 0.1) is 13.0 Å². The first-order valence-corrected chi connectivity index (χ1v) is 13.0. The summed E-state index contributed by atoms with van der Waals surface area (Å²) in [6, 6.07) is 12.9. The van der Waals surface area contributed by atoms with Crippen LogP contribution in [0.4, 0.5) is 0 Å². The predicted molar refractivity (Wildman–Crippen MR) is 130 cm³/mol. The molecule has 0 aliphatic carbocycles. The Morgan fingerprint density at radius 3 is 2.53 bits per heavy atom.